The molecule has 0 aliphatic carbocycles. The van der Waals surface area contributed by atoms with E-state index in [0.29, 0.717) is 5.69 Å². The number of hydrogen-bond donors (Lipinski definition) is 0. The molecule has 0 spiro atoms. The van der Waals surface area contributed by atoms with E-state index in [4.69, 9.17) is 0 Å². The van der Waals surface area contributed by atoms with Crippen molar-refractivity contribution in [3.05, 3.63) is 71.4 Å². The monoisotopic (exact) mass is 303 g/mol. The Bertz CT molecular complexity index is 1050. The predicted molar refractivity (Wildman–Crippen MR) is 86.9 cm³/mol. The third kappa shape index (κ3) is 2.20. The summed E-state index contributed by atoms with van der Waals surface area (Å²) in [6.07, 6.45) is 5.24. The van der Waals surface area contributed by atoms with Gasteiger partial charge >= 0.3 is 0 Å². The van der Waals surface area contributed by atoms with E-state index in [1.54, 1.807) is 36.2 Å². The number of rotatable bonds is 2. The van der Waals surface area contributed by atoms with E-state index < -0.39 is 0 Å². The molecule has 0 N–H and O–H groups in total. The van der Waals surface area contributed by atoms with E-state index in [-0.39, 0.29) is 5.56 Å². The van der Waals surface area contributed by atoms with Crippen molar-refractivity contribution in [2.24, 2.45) is 7.05 Å². The Hall–Kier alpha value is -3.28. The minimum Gasteiger partial charge on any atom is -0.268 e. The summed E-state index contributed by atoms with van der Waals surface area (Å²) in [6, 6.07) is 13.1. The van der Waals surface area contributed by atoms with Crippen LogP contribution in [-0.4, -0.2) is 24.4 Å². The number of aryl methyl sites for hydroxylation is 1. The first-order chi connectivity index (χ1) is 11.2. The molecule has 0 saturated carbocycles. The molecule has 3 aromatic heterocycles. The van der Waals surface area contributed by atoms with Gasteiger partial charge in [-0.2, -0.15) is 10.2 Å². The van der Waals surface area contributed by atoms with E-state index >= 15 is 0 Å². The van der Waals surface area contributed by atoms with Crippen molar-refractivity contribution in [2.45, 2.75) is 0 Å². The Morgan fingerprint density at radius 3 is 2.61 bits per heavy atom. The summed E-state index contributed by atoms with van der Waals surface area (Å²) in [6.45, 7) is 0. The van der Waals surface area contributed by atoms with Crippen LogP contribution in [0.4, 0.5) is 0 Å². The molecule has 1 aromatic carbocycles. The smallest absolute Gasteiger partial charge is 0.266 e. The third-order valence-corrected chi connectivity index (χ3v) is 3.70. The first kappa shape index (κ1) is 13.4. The number of benzene rings is 1. The van der Waals surface area contributed by atoms with Gasteiger partial charge in [-0.3, -0.25) is 9.78 Å². The highest BCUT2D eigenvalue weighted by molar-refractivity contribution is 5.90. The lowest BCUT2D eigenvalue weighted by molar-refractivity contribution is 0.712. The maximum Gasteiger partial charge on any atom is 0.266 e. The van der Waals surface area contributed by atoms with E-state index in [9.17, 15) is 4.79 Å². The van der Waals surface area contributed by atoms with Gasteiger partial charge in [0.05, 0.1) is 23.0 Å². The first-order valence-corrected chi connectivity index (χ1v) is 7.16. The van der Waals surface area contributed by atoms with Crippen molar-refractivity contribution in [3.63, 3.8) is 0 Å². The predicted octanol–water partition coefficient (Wildman–Crippen LogP) is 2.16. The van der Waals surface area contributed by atoms with Crippen LogP contribution < -0.4 is 5.56 Å². The molecular formula is C17H13N5O. The normalized spacial score (nSPS) is 11.0. The van der Waals surface area contributed by atoms with Crippen LogP contribution in [-0.2, 0) is 7.05 Å². The van der Waals surface area contributed by atoms with Crippen LogP contribution in [0.25, 0.3) is 28.0 Å². The highest BCUT2D eigenvalue weighted by Crippen LogP contribution is 2.33. The molecule has 6 nitrogen and oxygen atoms in total. The summed E-state index contributed by atoms with van der Waals surface area (Å²) < 4.78 is 3.10. The van der Waals surface area contributed by atoms with Crippen molar-refractivity contribution in [3.8, 4) is 22.5 Å². The van der Waals surface area contributed by atoms with Gasteiger partial charge in [-0.1, -0.05) is 30.3 Å². The summed E-state index contributed by atoms with van der Waals surface area (Å²) in [5.74, 6) is 0. The molecule has 0 aliphatic heterocycles. The SMILES string of the molecule is Cn1nc(-c2c(-c3ccccc3)nn3ccncc23)ccc1=O. The van der Waals surface area contributed by atoms with Gasteiger partial charge in [-0.15, -0.1) is 0 Å². The lowest BCUT2D eigenvalue weighted by Crippen LogP contribution is -2.18. The molecular weight excluding hydrogens is 290 g/mol. The van der Waals surface area contributed by atoms with E-state index in [1.807, 2.05) is 30.3 Å². The standard InChI is InChI=1S/C17H13N5O/c1-21-15(23)8-7-13(19-21)16-14-11-18-9-10-22(14)20-17(16)12-5-3-2-4-6-12/h2-11H,1H3. The molecule has 4 rings (SSSR count). The Labute approximate surface area is 131 Å². The average Bonchev–Trinajstić information content (AvgIpc) is 2.98. The van der Waals surface area contributed by atoms with Crippen molar-refractivity contribution < 1.29 is 0 Å². The highest BCUT2D eigenvalue weighted by atomic mass is 16.1. The van der Waals surface area contributed by atoms with Gasteiger partial charge in [0, 0.05) is 31.1 Å². The third-order valence-electron chi connectivity index (χ3n) is 3.70. The Kier molecular flexibility index (Phi) is 3.01. The number of fused-ring (bicyclic) bond motifs is 1. The van der Waals surface area contributed by atoms with Crippen LogP contribution in [0.3, 0.4) is 0 Å². The van der Waals surface area contributed by atoms with E-state index in [0.717, 1.165) is 22.3 Å². The van der Waals surface area contributed by atoms with Crippen LogP contribution in [0.15, 0.2) is 65.8 Å². The molecule has 0 unspecified atom stereocenters. The highest BCUT2D eigenvalue weighted by Gasteiger charge is 2.17. The quantitative estimate of drug-likeness (QED) is 0.569. The van der Waals surface area contributed by atoms with Crippen LogP contribution in [0, 0.1) is 0 Å². The van der Waals surface area contributed by atoms with Crippen LogP contribution >= 0.6 is 0 Å². The van der Waals surface area contributed by atoms with Gasteiger partial charge in [0.25, 0.3) is 5.56 Å². The molecule has 0 atom stereocenters. The summed E-state index contributed by atoms with van der Waals surface area (Å²) >= 11 is 0. The van der Waals surface area contributed by atoms with Crippen LogP contribution in [0.2, 0.25) is 0 Å². The number of hydrogen-bond acceptors (Lipinski definition) is 4. The van der Waals surface area contributed by atoms with Crippen molar-refractivity contribution >= 4 is 5.52 Å². The molecule has 23 heavy (non-hydrogen) atoms. The largest absolute Gasteiger partial charge is 0.268 e. The van der Waals surface area contributed by atoms with Gasteiger partial charge in [0.15, 0.2) is 0 Å². The van der Waals surface area contributed by atoms with Crippen LogP contribution in [0.5, 0.6) is 0 Å². The summed E-state index contributed by atoms with van der Waals surface area (Å²) in [4.78, 5) is 15.8. The number of nitrogens with zero attached hydrogens (tertiary/aromatic N) is 5. The first-order valence-electron chi connectivity index (χ1n) is 7.16. The fraction of sp³-hybridized carbons (Fsp3) is 0.0588. The zero-order chi connectivity index (χ0) is 15.8. The molecule has 0 saturated heterocycles. The maximum atomic E-state index is 11.6. The fourth-order valence-electron chi connectivity index (χ4n) is 2.59. The van der Waals surface area contributed by atoms with E-state index in [1.165, 1.54) is 10.7 Å². The maximum absolute atomic E-state index is 11.6. The van der Waals surface area contributed by atoms with Gasteiger partial charge in [-0.05, 0) is 6.07 Å². The van der Waals surface area contributed by atoms with Crippen molar-refractivity contribution in [1.82, 2.24) is 24.4 Å². The molecule has 6 heteroatoms. The second-order valence-corrected chi connectivity index (χ2v) is 5.18. The minimum absolute atomic E-state index is 0.149. The van der Waals surface area contributed by atoms with Crippen molar-refractivity contribution in [2.75, 3.05) is 0 Å². The molecule has 0 fully saturated rings. The van der Waals surface area contributed by atoms with Crippen LogP contribution in [0.1, 0.15) is 0 Å². The Morgan fingerprint density at radius 1 is 1.00 bits per heavy atom. The molecule has 0 radical (unpaired) electrons. The summed E-state index contributed by atoms with van der Waals surface area (Å²) in [5.41, 5.74) is 4.04. The molecule has 0 bridgehead atoms. The average molecular weight is 303 g/mol. The second-order valence-electron chi connectivity index (χ2n) is 5.18. The summed E-state index contributed by atoms with van der Waals surface area (Å²) in [7, 11) is 1.64. The molecule has 0 amide bonds. The van der Waals surface area contributed by atoms with Gasteiger partial charge < -0.3 is 0 Å². The lowest BCUT2D eigenvalue weighted by Gasteiger charge is -2.04. The zero-order valence-electron chi connectivity index (χ0n) is 12.4. The molecule has 4 aromatic rings. The molecule has 0 aliphatic rings. The second kappa shape index (κ2) is 5.17. The zero-order valence-corrected chi connectivity index (χ0v) is 12.4. The Balaban J connectivity index is 2.07. The Morgan fingerprint density at radius 2 is 1.83 bits per heavy atom. The minimum atomic E-state index is -0.149. The fourth-order valence-corrected chi connectivity index (χ4v) is 2.59. The number of aromatic nitrogens is 5. The van der Waals surface area contributed by atoms with Gasteiger partial charge in [-0.25, -0.2) is 9.20 Å². The lowest BCUT2D eigenvalue weighted by atomic mass is 10.0. The molecule has 3 heterocycles. The van der Waals surface area contributed by atoms with Gasteiger partial charge in [0.1, 0.15) is 5.69 Å². The molecule has 112 valence electrons. The van der Waals surface area contributed by atoms with Crippen molar-refractivity contribution in [1.29, 1.82) is 0 Å². The van der Waals surface area contributed by atoms with E-state index in [2.05, 4.69) is 15.2 Å². The van der Waals surface area contributed by atoms with Gasteiger partial charge in [0.2, 0.25) is 0 Å². The summed E-state index contributed by atoms with van der Waals surface area (Å²) in [5, 5.41) is 9.04. The topological polar surface area (TPSA) is 65.1 Å².